The molecule has 5 heteroatoms. The zero-order valence-corrected chi connectivity index (χ0v) is 12.2. The Morgan fingerprint density at radius 2 is 2.27 bits per heavy atom. The van der Waals surface area contributed by atoms with Crippen LogP contribution in [-0.4, -0.2) is 41.4 Å². The van der Waals surface area contributed by atoms with Gasteiger partial charge in [-0.2, -0.15) is 0 Å². The number of pyridine rings is 1. The van der Waals surface area contributed by atoms with Crippen LogP contribution < -0.4 is 4.90 Å². The van der Waals surface area contributed by atoms with Crippen molar-refractivity contribution < 1.29 is 14.6 Å². The molecular formula is C17H16N2O3. The Labute approximate surface area is 128 Å². The Morgan fingerprint density at radius 3 is 3.00 bits per heavy atom. The van der Waals surface area contributed by atoms with Crippen LogP contribution >= 0.6 is 0 Å². The number of anilines is 1. The third-order valence-corrected chi connectivity index (χ3v) is 3.78. The minimum atomic E-state index is -0.945. The van der Waals surface area contributed by atoms with Gasteiger partial charge in [0.25, 0.3) is 0 Å². The quantitative estimate of drug-likeness (QED) is 0.858. The molecule has 2 atom stereocenters. The first-order valence-electron chi connectivity index (χ1n) is 7.07. The lowest BCUT2D eigenvalue weighted by atomic mass is 10.1. The van der Waals surface area contributed by atoms with E-state index in [4.69, 9.17) is 11.2 Å². The predicted octanol–water partition coefficient (Wildman–Crippen LogP) is 1.89. The van der Waals surface area contributed by atoms with Gasteiger partial charge in [-0.25, -0.2) is 4.79 Å². The van der Waals surface area contributed by atoms with Gasteiger partial charge in [-0.05, 0) is 31.2 Å². The van der Waals surface area contributed by atoms with Crippen molar-refractivity contribution in [2.24, 2.45) is 0 Å². The molecule has 1 aliphatic rings. The number of rotatable bonds is 2. The fourth-order valence-corrected chi connectivity index (χ4v) is 2.83. The molecule has 112 valence electrons. The number of carboxylic acid groups (broad SMARTS) is 1. The summed E-state index contributed by atoms with van der Waals surface area (Å²) < 4.78 is 5.47. The number of morpholine rings is 1. The van der Waals surface area contributed by atoms with Gasteiger partial charge in [0, 0.05) is 23.8 Å². The van der Waals surface area contributed by atoms with E-state index >= 15 is 0 Å². The number of carboxylic acids is 1. The van der Waals surface area contributed by atoms with E-state index in [0.717, 1.165) is 22.2 Å². The molecular weight excluding hydrogens is 280 g/mol. The van der Waals surface area contributed by atoms with Gasteiger partial charge >= 0.3 is 5.97 Å². The summed E-state index contributed by atoms with van der Waals surface area (Å²) in [6.45, 7) is 2.81. The third-order valence-electron chi connectivity index (χ3n) is 3.78. The van der Waals surface area contributed by atoms with E-state index in [0.29, 0.717) is 13.1 Å². The molecule has 0 radical (unpaired) electrons. The summed E-state index contributed by atoms with van der Waals surface area (Å²) >= 11 is 0. The van der Waals surface area contributed by atoms with Crippen molar-refractivity contribution in [1.29, 1.82) is 0 Å². The van der Waals surface area contributed by atoms with Crippen LogP contribution in [0.2, 0.25) is 0 Å². The van der Waals surface area contributed by atoms with E-state index in [1.54, 1.807) is 6.20 Å². The Balaban J connectivity index is 2.07. The standard InChI is InChI=1S/C17H16N2O3/c1-3-12-6-7-14(13-5-4-8-18-16(12)13)19-9-11(2)22-15(10-19)17(20)21/h1,4-8,11,15H,9-10H2,2H3,(H,20,21)/t11-,15-/m1/s1. The Morgan fingerprint density at radius 1 is 1.45 bits per heavy atom. The summed E-state index contributed by atoms with van der Waals surface area (Å²) in [5, 5.41) is 10.2. The maximum absolute atomic E-state index is 11.3. The SMILES string of the molecule is C#Cc1ccc(N2C[C@@H](C)O[C@@H](C(=O)O)C2)c2cccnc12. The molecule has 2 aromatic rings. The summed E-state index contributed by atoms with van der Waals surface area (Å²) in [6, 6.07) is 7.58. The van der Waals surface area contributed by atoms with Gasteiger partial charge in [0.2, 0.25) is 0 Å². The van der Waals surface area contributed by atoms with Crippen LogP contribution in [0.25, 0.3) is 10.9 Å². The molecule has 0 saturated carbocycles. The summed E-state index contributed by atoms with van der Waals surface area (Å²) in [4.78, 5) is 17.6. The zero-order valence-electron chi connectivity index (χ0n) is 12.2. The van der Waals surface area contributed by atoms with Crippen LogP contribution in [0.4, 0.5) is 5.69 Å². The van der Waals surface area contributed by atoms with Crippen molar-refractivity contribution in [2.45, 2.75) is 19.1 Å². The molecule has 22 heavy (non-hydrogen) atoms. The monoisotopic (exact) mass is 296 g/mol. The number of hydrogen-bond acceptors (Lipinski definition) is 4. The van der Waals surface area contributed by atoms with Gasteiger partial charge < -0.3 is 14.7 Å². The first-order valence-corrected chi connectivity index (χ1v) is 7.07. The number of nitrogens with zero attached hydrogens (tertiary/aromatic N) is 2. The predicted molar refractivity (Wildman–Crippen MR) is 83.9 cm³/mol. The Bertz CT molecular complexity index is 766. The maximum atomic E-state index is 11.3. The minimum Gasteiger partial charge on any atom is -0.479 e. The second-order valence-corrected chi connectivity index (χ2v) is 5.35. The van der Waals surface area contributed by atoms with Gasteiger partial charge in [0.1, 0.15) is 0 Å². The molecule has 1 N–H and O–H groups in total. The smallest absolute Gasteiger partial charge is 0.334 e. The Hall–Kier alpha value is -2.58. The minimum absolute atomic E-state index is 0.158. The number of carbonyl (C=O) groups is 1. The van der Waals surface area contributed by atoms with Gasteiger partial charge in [0.05, 0.1) is 23.7 Å². The number of hydrogen-bond donors (Lipinski definition) is 1. The van der Waals surface area contributed by atoms with Crippen LogP contribution in [0.1, 0.15) is 12.5 Å². The van der Waals surface area contributed by atoms with Gasteiger partial charge in [-0.3, -0.25) is 4.98 Å². The fourth-order valence-electron chi connectivity index (χ4n) is 2.83. The van der Waals surface area contributed by atoms with Crippen molar-refractivity contribution in [3.63, 3.8) is 0 Å². The molecule has 1 aromatic carbocycles. The number of aromatic nitrogens is 1. The molecule has 1 saturated heterocycles. The molecule has 5 nitrogen and oxygen atoms in total. The summed E-state index contributed by atoms with van der Waals surface area (Å²) in [6.07, 6.45) is 6.24. The largest absolute Gasteiger partial charge is 0.479 e. The molecule has 0 amide bonds. The normalized spacial score (nSPS) is 21.5. The van der Waals surface area contributed by atoms with Gasteiger partial charge in [0.15, 0.2) is 6.10 Å². The van der Waals surface area contributed by atoms with E-state index in [-0.39, 0.29) is 6.10 Å². The van der Waals surface area contributed by atoms with Crippen molar-refractivity contribution in [1.82, 2.24) is 4.98 Å². The Kier molecular flexibility index (Phi) is 3.70. The highest BCUT2D eigenvalue weighted by molar-refractivity contribution is 5.95. The van der Waals surface area contributed by atoms with Crippen molar-refractivity contribution in [3.05, 3.63) is 36.0 Å². The molecule has 1 aliphatic heterocycles. The lowest BCUT2D eigenvalue weighted by Gasteiger charge is -2.37. The highest BCUT2D eigenvalue weighted by Gasteiger charge is 2.31. The van der Waals surface area contributed by atoms with Crippen molar-refractivity contribution in [3.8, 4) is 12.3 Å². The molecule has 3 rings (SSSR count). The van der Waals surface area contributed by atoms with Gasteiger partial charge in [-0.15, -0.1) is 6.42 Å². The summed E-state index contributed by atoms with van der Waals surface area (Å²) in [5.74, 6) is 1.69. The van der Waals surface area contributed by atoms with E-state index in [2.05, 4.69) is 10.9 Å². The van der Waals surface area contributed by atoms with Crippen LogP contribution in [0.3, 0.4) is 0 Å². The fraction of sp³-hybridized carbons (Fsp3) is 0.294. The maximum Gasteiger partial charge on any atom is 0.334 e. The summed E-state index contributed by atoms with van der Waals surface area (Å²) in [5.41, 5.74) is 2.42. The van der Waals surface area contributed by atoms with Crippen LogP contribution in [-0.2, 0) is 9.53 Å². The number of aliphatic carboxylic acids is 1. The molecule has 1 aromatic heterocycles. The van der Waals surface area contributed by atoms with E-state index in [1.807, 2.05) is 36.1 Å². The third kappa shape index (κ3) is 2.49. The summed E-state index contributed by atoms with van der Waals surface area (Å²) in [7, 11) is 0. The number of benzene rings is 1. The molecule has 0 bridgehead atoms. The van der Waals surface area contributed by atoms with E-state index < -0.39 is 12.1 Å². The average Bonchev–Trinajstić information content (AvgIpc) is 2.53. The molecule has 2 heterocycles. The van der Waals surface area contributed by atoms with Crippen LogP contribution in [0.15, 0.2) is 30.5 Å². The average molecular weight is 296 g/mol. The molecule has 1 fully saturated rings. The topological polar surface area (TPSA) is 62.7 Å². The number of fused-ring (bicyclic) bond motifs is 1. The number of terminal acetylenes is 1. The van der Waals surface area contributed by atoms with E-state index in [9.17, 15) is 9.90 Å². The highest BCUT2D eigenvalue weighted by Crippen LogP contribution is 2.30. The zero-order chi connectivity index (χ0) is 15.7. The first-order chi connectivity index (χ1) is 10.6. The van der Waals surface area contributed by atoms with Crippen molar-refractivity contribution >= 4 is 22.6 Å². The second-order valence-electron chi connectivity index (χ2n) is 5.35. The van der Waals surface area contributed by atoms with Crippen LogP contribution in [0.5, 0.6) is 0 Å². The molecule has 0 unspecified atom stereocenters. The first kappa shape index (κ1) is 14.4. The molecule has 0 aliphatic carbocycles. The van der Waals surface area contributed by atoms with E-state index in [1.165, 1.54) is 0 Å². The highest BCUT2D eigenvalue weighted by atomic mass is 16.5. The van der Waals surface area contributed by atoms with Crippen molar-refractivity contribution in [2.75, 3.05) is 18.0 Å². The lowest BCUT2D eigenvalue weighted by Crippen LogP contribution is -2.49. The second kappa shape index (κ2) is 5.66. The van der Waals surface area contributed by atoms with Gasteiger partial charge in [-0.1, -0.05) is 5.92 Å². The van der Waals surface area contributed by atoms with Crippen LogP contribution in [0, 0.1) is 12.3 Å². The molecule has 0 spiro atoms. The number of ether oxygens (including phenoxy) is 1. The lowest BCUT2D eigenvalue weighted by molar-refractivity contribution is -0.154.